The quantitative estimate of drug-likeness (QED) is 0.442. The largest absolute Gasteiger partial charge is 0.383 e. The second-order valence-electron chi connectivity index (χ2n) is 5.00. The number of hydrogen-bond donors (Lipinski definition) is 1. The van der Waals surface area contributed by atoms with Crippen molar-refractivity contribution < 1.29 is 14.3 Å². The predicted octanol–water partition coefficient (Wildman–Crippen LogP) is 1.80. The lowest BCUT2D eigenvalue weighted by atomic mass is 10.0. The number of methoxy groups -OCH3 is 1. The van der Waals surface area contributed by atoms with Gasteiger partial charge in [0.1, 0.15) is 0 Å². The zero-order valence-corrected chi connectivity index (χ0v) is 14.7. The molecular weight excluding hydrogens is 376 g/mol. The Hall–Kier alpha value is -2.25. The number of carbonyl (C=O) groups is 2. The summed E-state index contributed by atoms with van der Waals surface area (Å²) in [6.07, 6.45) is 1.43. The molecule has 6 nitrogen and oxygen atoms in total. The van der Waals surface area contributed by atoms with E-state index in [0.717, 1.165) is 9.04 Å². The molecule has 7 heteroatoms. The van der Waals surface area contributed by atoms with Crippen LogP contribution in [0.4, 0.5) is 0 Å². The molecule has 1 N–H and O–H groups in total. The Balaban J connectivity index is 2.37. The van der Waals surface area contributed by atoms with Gasteiger partial charge >= 0.3 is 0 Å². The van der Waals surface area contributed by atoms with Crippen molar-refractivity contribution in [3.8, 4) is 0 Å². The molecule has 0 radical (unpaired) electrons. The van der Waals surface area contributed by atoms with E-state index >= 15 is 0 Å². The van der Waals surface area contributed by atoms with Crippen molar-refractivity contribution in [2.45, 2.75) is 6.04 Å². The molecule has 1 amide bonds. The molecular formula is C17H17BrN2O4. The minimum atomic E-state index is -1.27. The standard InChI is InChI=1S/C17H17BrN2O4/c1-24-11-9-19-17(23)15(20-10-3-2-4-14(20)21)16(22)12-5-7-13(18)8-6-12/h2-8,10,15H,9,11H2,1H3,(H,19,23). The third-order valence-corrected chi connectivity index (χ3v) is 3.89. The lowest BCUT2D eigenvalue weighted by Crippen LogP contribution is -2.42. The van der Waals surface area contributed by atoms with E-state index in [9.17, 15) is 14.4 Å². The molecule has 126 valence electrons. The fourth-order valence-electron chi connectivity index (χ4n) is 2.17. The number of pyridine rings is 1. The number of ketones is 1. The summed E-state index contributed by atoms with van der Waals surface area (Å²) < 4.78 is 6.83. The van der Waals surface area contributed by atoms with E-state index in [1.807, 2.05) is 0 Å². The van der Waals surface area contributed by atoms with E-state index in [1.165, 1.54) is 19.4 Å². The molecule has 1 aromatic heterocycles. The Bertz CT molecular complexity index is 771. The van der Waals surface area contributed by atoms with Crippen molar-refractivity contribution in [2.24, 2.45) is 0 Å². The summed E-state index contributed by atoms with van der Waals surface area (Å²) in [6.45, 7) is 0.565. The first-order valence-electron chi connectivity index (χ1n) is 7.28. The van der Waals surface area contributed by atoms with E-state index in [1.54, 1.807) is 36.4 Å². The molecule has 0 fully saturated rings. The Morgan fingerprint density at radius 2 is 1.92 bits per heavy atom. The highest BCUT2D eigenvalue weighted by molar-refractivity contribution is 9.10. The number of ether oxygens (including phenoxy) is 1. The van der Waals surface area contributed by atoms with Crippen molar-refractivity contribution in [1.82, 2.24) is 9.88 Å². The molecule has 0 aliphatic heterocycles. The molecule has 0 saturated carbocycles. The van der Waals surface area contributed by atoms with Gasteiger partial charge in [-0.05, 0) is 18.2 Å². The van der Waals surface area contributed by atoms with E-state index in [-0.39, 0.29) is 6.54 Å². The van der Waals surface area contributed by atoms with Gasteiger partial charge in [0.2, 0.25) is 0 Å². The van der Waals surface area contributed by atoms with Crippen molar-refractivity contribution in [3.63, 3.8) is 0 Å². The number of carbonyl (C=O) groups excluding carboxylic acids is 2. The van der Waals surface area contributed by atoms with Crippen molar-refractivity contribution >= 4 is 27.6 Å². The van der Waals surface area contributed by atoms with Crippen molar-refractivity contribution in [2.75, 3.05) is 20.3 Å². The van der Waals surface area contributed by atoms with Crippen LogP contribution in [0.2, 0.25) is 0 Å². The first kappa shape index (κ1) is 18.1. The first-order chi connectivity index (χ1) is 11.5. The van der Waals surface area contributed by atoms with Crippen molar-refractivity contribution in [3.05, 3.63) is 69.1 Å². The Morgan fingerprint density at radius 1 is 1.21 bits per heavy atom. The summed E-state index contributed by atoms with van der Waals surface area (Å²) in [6, 6.07) is 9.84. The number of Topliss-reactive ketones (excluding diaryl/α,β-unsaturated/α-hetero) is 1. The zero-order valence-electron chi connectivity index (χ0n) is 13.1. The molecule has 0 aliphatic carbocycles. The molecule has 1 atom stereocenters. The van der Waals surface area contributed by atoms with E-state index < -0.39 is 23.3 Å². The molecule has 0 spiro atoms. The van der Waals surface area contributed by atoms with Gasteiger partial charge < -0.3 is 10.1 Å². The van der Waals surface area contributed by atoms with Gasteiger partial charge in [0, 0.05) is 36.0 Å². The van der Waals surface area contributed by atoms with E-state index in [4.69, 9.17) is 4.74 Å². The number of hydrogen-bond acceptors (Lipinski definition) is 4. The number of nitrogens with zero attached hydrogens (tertiary/aromatic N) is 1. The average molecular weight is 393 g/mol. The zero-order chi connectivity index (χ0) is 17.5. The van der Waals surface area contributed by atoms with Gasteiger partial charge in [0.25, 0.3) is 11.5 Å². The van der Waals surface area contributed by atoms with Gasteiger partial charge in [-0.1, -0.05) is 34.1 Å². The molecule has 0 aliphatic rings. The lowest BCUT2D eigenvalue weighted by molar-refractivity contribution is -0.123. The first-order valence-corrected chi connectivity index (χ1v) is 8.07. The lowest BCUT2D eigenvalue weighted by Gasteiger charge is -2.18. The minimum Gasteiger partial charge on any atom is -0.383 e. The predicted molar refractivity (Wildman–Crippen MR) is 93.1 cm³/mol. The van der Waals surface area contributed by atoms with Gasteiger partial charge in [-0.3, -0.25) is 19.0 Å². The van der Waals surface area contributed by atoms with Crippen LogP contribution in [-0.2, 0) is 9.53 Å². The topological polar surface area (TPSA) is 77.4 Å². The van der Waals surface area contributed by atoms with Crippen LogP contribution in [-0.4, -0.2) is 36.5 Å². The van der Waals surface area contributed by atoms with Crippen molar-refractivity contribution in [1.29, 1.82) is 0 Å². The normalized spacial score (nSPS) is 11.8. The van der Waals surface area contributed by atoms with E-state index in [2.05, 4.69) is 21.2 Å². The number of nitrogens with one attached hydrogen (secondary N) is 1. The molecule has 1 unspecified atom stereocenters. The highest BCUT2D eigenvalue weighted by Crippen LogP contribution is 2.17. The highest BCUT2D eigenvalue weighted by Gasteiger charge is 2.29. The van der Waals surface area contributed by atoms with Gasteiger partial charge in [-0.15, -0.1) is 0 Å². The molecule has 24 heavy (non-hydrogen) atoms. The van der Waals surface area contributed by atoms with Gasteiger partial charge in [0.05, 0.1) is 6.61 Å². The van der Waals surface area contributed by atoms with Crippen LogP contribution in [0.5, 0.6) is 0 Å². The number of halogens is 1. The molecule has 2 aromatic rings. The number of aromatic nitrogens is 1. The van der Waals surface area contributed by atoms with Crippen LogP contribution >= 0.6 is 15.9 Å². The summed E-state index contributed by atoms with van der Waals surface area (Å²) in [7, 11) is 1.51. The summed E-state index contributed by atoms with van der Waals surface area (Å²) >= 11 is 3.30. The fraction of sp³-hybridized carbons (Fsp3) is 0.235. The smallest absolute Gasteiger partial charge is 0.251 e. The third-order valence-electron chi connectivity index (χ3n) is 3.36. The molecule has 1 heterocycles. The second-order valence-corrected chi connectivity index (χ2v) is 5.92. The van der Waals surface area contributed by atoms with Crippen LogP contribution in [0, 0.1) is 0 Å². The SMILES string of the molecule is COCCNC(=O)C(C(=O)c1ccc(Br)cc1)n1ccccc1=O. The Kier molecular flexibility index (Phi) is 6.45. The Morgan fingerprint density at radius 3 is 2.54 bits per heavy atom. The Labute approximate surface area is 147 Å². The fourth-order valence-corrected chi connectivity index (χ4v) is 2.43. The second kappa shape index (κ2) is 8.56. The molecule has 2 rings (SSSR count). The van der Waals surface area contributed by atoms with Crippen LogP contribution in [0.1, 0.15) is 16.4 Å². The number of amides is 1. The summed E-state index contributed by atoms with van der Waals surface area (Å²) in [4.78, 5) is 37.4. The summed E-state index contributed by atoms with van der Waals surface area (Å²) in [5.74, 6) is -1.00. The summed E-state index contributed by atoms with van der Waals surface area (Å²) in [5.41, 5.74) is -0.0734. The monoisotopic (exact) mass is 392 g/mol. The van der Waals surface area contributed by atoms with Gasteiger partial charge in [0.15, 0.2) is 11.8 Å². The maximum absolute atomic E-state index is 12.8. The minimum absolute atomic E-state index is 0.251. The highest BCUT2D eigenvalue weighted by atomic mass is 79.9. The number of rotatable bonds is 7. The maximum Gasteiger partial charge on any atom is 0.251 e. The molecule has 0 saturated heterocycles. The van der Waals surface area contributed by atoms with Gasteiger partial charge in [-0.2, -0.15) is 0 Å². The summed E-state index contributed by atoms with van der Waals surface area (Å²) in [5, 5.41) is 2.62. The van der Waals surface area contributed by atoms with Crippen LogP contribution in [0.15, 0.2) is 57.9 Å². The van der Waals surface area contributed by atoms with E-state index in [0.29, 0.717) is 12.2 Å². The van der Waals surface area contributed by atoms with Crippen LogP contribution < -0.4 is 10.9 Å². The van der Waals surface area contributed by atoms with Gasteiger partial charge in [-0.25, -0.2) is 0 Å². The molecule has 1 aromatic carbocycles. The average Bonchev–Trinajstić information content (AvgIpc) is 2.57. The van der Waals surface area contributed by atoms with Crippen LogP contribution in [0.25, 0.3) is 0 Å². The maximum atomic E-state index is 12.8. The molecule has 0 bridgehead atoms. The van der Waals surface area contributed by atoms with Crippen LogP contribution in [0.3, 0.4) is 0 Å². The number of benzene rings is 1. The third kappa shape index (κ3) is 4.39.